The van der Waals surface area contributed by atoms with Gasteiger partial charge >= 0.3 is 0 Å². The van der Waals surface area contributed by atoms with Gasteiger partial charge in [0.1, 0.15) is 5.84 Å². The SMILES string of the molecule is Cn1cc(C(=O)Cc2ccc(C(=N)N)cc2)c2cc(Br)ccc21. The van der Waals surface area contributed by atoms with Crippen molar-refractivity contribution < 1.29 is 4.79 Å². The van der Waals surface area contributed by atoms with Crippen LogP contribution in [0.15, 0.2) is 53.1 Å². The van der Waals surface area contributed by atoms with Gasteiger partial charge in [0, 0.05) is 46.2 Å². The number of carbonyl (C=O) groups excluding carboxylic acids is 1. The van der Waals surface area contributed by atoms with Crippen LogP contribution in [-0.2, 0) is 13.5 Å². The summed E-state index contributed by atoms with van der Waals surface area (Å²) >= 11 is 3.46. The molecule has 0 spiro atoms. The van der Waals surface area contributed by atoms with E-state index >= 15 is 0 Å². The monoisotopic (exact) mass is 369 g/mol. The van der Waals surface area contributed by atoms with Gasteiger partial charge in [0.25, 0.3) is 0 Å². The number of hydrogen-bond donors (Lipinski definition) is 2. The Morgan fingerprint density at radius 2 is 1.91 bits per heavy atom. The van der Waals surface area contributed by atoms with Crippen LogP contribution in [0, 0.1) is 5.41 Å². The zero-order valence-electron chi connectivity index (χ0n) is 12.6. The molecule has 3 rings (SSSR count). The summed E-state index contributed by atoms with van der Waals surface area (Å²) in [6.07, 6.45) is 2.20. The third kappa shape index (κ3) is 3.05. The maximum atomic E-state index is 12.7. The number of nitrogens with zero attached hydrogens (tertiary/aromatic N) is 1. The van der Waals surface area contributed by atoms with Crippen molar-refractivity contribution in [1.29, 1.82) is 5.41 Å². The van der Waals surface area contributed by atoms with E-state index in [1.54, 1.807) is 12.1 Å². The average Bonchev–Trinajstić information content (AvgIpc) is 2.84. The quantitative estimate of drug-likeness (QED) is 0.418. The van der Waals surface area contributed by atoms with Gasteiger partial charge in [0.2, 0.25) is 0 Å². The van der Waals surface area contributed by atoms with Crippen molar-refractivity contribution >= 4 is 38.5 Å². The smallest absolute Gasteiger partial charge is 0.169 e. The molecule has 23 heavy (non-hydrogen) atoms. The molecule has 0 atom stereocenters. The second-order valence-corrected chi connectivity index (χ2v) is 6.44. The van der Waals surface area contributed by atoms with Crippen LogP contribution in [0.4, 0.5) is 0 Å². The third-order valence-electron chi connectivity index (χ3n) is 3.88. The standard InChI is InChI=1S/C18H16BrN3O/c1-22-10-15(14-9-13(19)6-7-16(14)22)17(23)8-11-2-4-12(5-3-11)18(20)21/h2-7,9-10H,8H2,1H3,(H3,20,21). The van der Waals surface area contributed by atoms with Gasteiger partial charge in [-0.1, -0.05) is 40.2 Å². The molecule has 0 saturated carbocycles. The second-order valence-electron chi connectivity index (χ2n) is 5.53. The molecule has 0 bridgehead atoms. The van der Waals surface area contributed by atoms with Crippen LogP contribution < -0.4 is 5.73 Å². The summed E-state index contributed by atoms with van der Waals surface area (Å²) in [5.74, 6) is 0.103. The Kier molecular flexibility index (Phi) is 4.05. The second kappa shape index (κ2) is 6.01. The Hall–Kier alpha value is -2.40. The molecule has 0 aliphatic rings. The summed E-state index contributed by atoms with van der Waals surface area (Å²) in [6, 6.07) is 13.2. The Bertz CT molecular complexity index is 910. The third-order valence-corrected chi connectivity index (χ3v) is 4.37. The van der Waals surface area contributed by atoms with Gasteiger partial charge in [-0.25, -0.2) is 0 Å². The maximum Gasteiger partial charge on any atom is 0.169 e. The van der Waals surface area contributed by atoms with Crippen molar-refractivity contribution in [2.24, 2.45) is 12.8 Å². The molecule has 0 fully saturated rings. The normalized spacial score (nSPS) is 10.9. The largest absolute Gasteiger partial charge is 0.384 e. The molecule has 0 unspecified atom stereocenters. The van der Waals surface area contributed by atoms with Gasteiger partial charge in [-0.05, 0) is 23.8 Å². The Morgan fingerprint density at radius 1 is 1.22 bits per heavy atom. The number of ketones is 1. The van der Waals surface area contributed by atoms with E-state index in [-0.39, 0.29) is 11.6 Å². The Balaban J connectivity index is 1.91. The molecule has 0 amide bonds. The summed E-state index contributed by atoms with van der Waals surface area (Å²) in [5.41, 5.74) is 8.77. The van der Waals surface area contributed by atoms with E-state index in [4.69, 9.17) is 11.1 Å². The van der Waals surface area contributed by atoms with Crippen molar-refractivity contribution in [3.8, 4) is 0 Å². The first-order chi connectivity index (χ1) is 11.0. The number of fused-ring (bicyclic) bond motifs is 1. The van der Waals surface area contributed by atoms with Crippen LogP contribution in [0.25, 0.3) is 10.9 Å². The van der Waals surface area contributed by atoms with E-state index in [1.165, 1.54) is 0 Å². The number of rotatable bonds is 4. The van der Waals surface area contributed by atoms with Crippen molar-refractivity contribution in [2.45, 2.75) is 6.42 Å². The van der Waals surface area contributed by atoms with Gasteiger partial charge < -0.3 is 10.3 Å². The number of carbonyl (C=O) groups is 1. The molecule has 3 N–H and O–H groups in total. The first-order valence-electron chi connectivity index (χ1n) is 7.17. The van der Waals surface area contributed by atoms with Crippen LogP contribution in [0.5, 0.6) is 0 Å². The zero-order chi connectivity index (χ0) is 16.6. The van der Waals surface area contributed by atoms with Crippen LogP contribution >= 0.6 is 15.9 Å². The molecule has 116 valence electrons. The van der Waals surface area contributed by atoms with Crippen LogP contribution in [0.1, 0.15) is 21.5 Å². The van der Waals surface area contributed by atoms with E-state index in [9.17, 15) is 4.79 Å². The minimum absolute atomic E-state index is 0.0294. The fourth-order valence-electron chi connectivity index (χ4n) is 2.67. The van der Waals surface area contributed by atoms with Crippen molar-refractivity contribution in [3.63, 3.8) is 0 Å². The van der Waals surface area contributed by atoms with E-state index < -0.39 is 0 Å². The molecule has 0 aliphatic carbocycles. The highest BCUT2D eigenvalue weighted by Gasteiger charge is 2.15. The number of aromatic nitrogens is 1. The molecule has 0 saturated heterocycles. The Labute approximate surface area is 142 Å². The fourth-order valence-corrected chi connectivity index (χ4v) is 3.03. The molecular formula is C18H16BrN3O. The number of aryl methyl sites for hydroxylation is 1. The minimum atomic E-state index is 0.0294. The van der Waals surface area contributed by atoms with Crippen LogP contribution in [0.2, 0.25) is 0 Å². The lowest BCUT2D eigenvalue weighted by atomic mass is 10.0. The molecule has 0 radical (unpaired) electrons. The molecule has 1 aromatic heterocycles. The highest BCUT2D eigenvalue weighted by Crippen LogP contribution is 2.25. The highest BCUT2D eigenvalue weighted by molar-refractivity contribution is 9.10. The van der Waals surface area contributed by atoms with E-state index in [2.05, 4.69) is 15.9 Å². The maximum absolute atomic E-state index is 12.7. The predicted molar refractivity (Wildman–Crippen MR) is 96.1 cm³/mol. The van der Waals surface area contributed by atoms with E-state index in [0.717, 1.165) is 26.5 Å². The molecule has 0 aliphatic heterocycles. The number of nitrogens with one attached hydrogen (secondary N) is 1. The van der Waals surface area contributed by atoms with Gasteiger partial charge in [-0.15, -0.1) is 0 Å². The molecule has 1 heterocycles. The number of Topliss-reactive ketones (excluding diaryl/α,β-unsaturated/α-hetero) is 1. The lowest BCUT2D eigenvalue weighted by Gasteiger charge is -2.03. The first-order valence-corrected chi connectivity index (χ1v) is 7.96. The lowest BCUT2D eigenvalue weighted by Crippen LogP contribution is -2.11. The van der Waals surface area contributed by atoms with Gasteiger partial charge in [0.05, 0.1) is 0 Å². The molecule has 4 nitrogen and oxygen atoms in total. The summed E-state index contributed by atoms with van der Waals surface area (Å²) in [7, 11) is 1.94. The number of halogens is 1. The average molecular weight is 370 g/mol. The summed E-state index contributed by atoms with van der Waals surface area (Å²) in [4.78, 5) is 12.7. The highest BCUT2D eigenvalue weighted by atomic mass is 79.9. The Morgan fingerprint density at radius 3 is 2.57 bits per heavy atom. The van der Waals surface area contributed by atoms with Crippen LogP contribution in [0.3, 0.4) is 0 Å². The van der Waals surface area contributed by atoms with E-state index in [0.29, 0.717) is 12.0 Å². The lowest BCUT2D eigenvalue weighted by molar-refractivity contribution is 0.0994. The zero-order valence-corrected chi connectivity index (χ0v) is 14.2. The molecule has 3 aromatic rings. The van der Waals surface area contributed by atoms with Crippen molar-refractivity contribution in [3.05, 3.63) is 69.8 Å². The molecular weight excluding hydrogens is 354 g/mol. The number of nitrogen functional groups attached to an aromatic ring is 1. The van der Waals surface area contributed by atoms with Crippen molar-refractivity contribution in [1.82, 2.24) is 4.57 Å². The van der Waals surface area contributed by atoms with Gasteiger partial charge in [-0.3, -0.25) is 10.2 Å². The van der Waals surface area contributed by atoms with Crippen LogP contribution in [-0.4, -0.2) is 16.2 Å². The van der Waals surface area contributed by atoms with Crippen molar-refractivity contribution in [2.75, 3.05) is 0 Å². The number of amidine groups is 1. The van der Waals surface area contributed by atoms with Gasteiger partial charge in [-0.2, -0.15) is 0 Å². The minimum Gasteiger partial charge on any atom is -0.384 e. The van der Waals surface area contributed by atoms with E-state index in [1.807, 2.05) is 48.1 Å². The molecule has 2 aromatic carbocycles. The summed E-state index contributed by atoms with van der Waals surface area (Å²) < 4.78 is 2.92. The number of hydrogen-bond acceptors (Lipinski definition) is 2. The fraction of sp³-hybridized carbons (Fsp3) is 0.111. The topological polar surface area (TPSA) is 71.9 Å². The number of nitrogens with two attached hydrogens (primary N) is 1. The first kappa shape index (κ1) is 15.5. The van der Waals surface area contributed by atoms with Gasteiger partial charge in [0.15, 0.2) is 5.78 Å². The summed E-state index contributed by atoms with van der Waals surface area (Å²) in [5, 5.41) is 8.35. The molecule has 5 heteroatoms. The number of benzene rings is 2. The summed E-state index contributed by atoms with van der Waals surface area (Å²) in [6.45, 7) is 0. The predicted octanol–water partition coefficient (Wildman–Crippen LogP) is 3.65.